The summed E-state index contributed by atoms with van der Waals surface area (Å²) in [5.41, 5.74) is 0.896. The third-order valence-electron chi connectivity index (χ3n) is 4.90. The van der Waals surface area contributed by atoms with Gasteiger partial charge in [-0.1, -0.05) is 12.1 Å². The number of nitrogens with zero attached hydrogens (tertiary/aromatic N) is 1. The molecule has 1 heterocycles. The van der Waals surface area contributed by atoms with Gasteiger partial charge >= 0.3 is 0 Å². The summed E-state index contributed by atoms with van der Waals surface area (Å²) < 4.78 is 39.8. The summed E-state index contributed by atoms with van der Waals surface area (Å²) in [6.45, 7) is 0.147. The van der Waals surface area contributed by atoms with Crippen molar-refractivity contribution in [1.82, 2.24) is 4.90 Å². The molecule has 0 aromatic heterocycles. The minimum absolute atomic E-state index is 0.0164. The maximum atomic E-state index is 12.9. The van der Waals surface area contributed by atoms with Crippen LogP contribution in [0.3, 0.4) is 0 Å². The van der Waals surface area contributed by atoms with Crippen LogP contribution in [0.15, 0.2) is 48.5 Å². The maximum absolute atomic E-state index is 12.9. The highest BCUT2D eigenvalue weighted by molar-refractivity contribution is 7.91. The molecule has 3 rings (SSSR count). The van der Waals surface area contributed by atoms with Gasteiger partial charge in [0.15, 0.2) is 16.4 Å². The lowest BCUT2D eigenvalue weighted by molar-refractivity contribution is -0.136. The first-order valence-electron chi connectivity index (χ1n) is 9.30. The molecule has 29 heavy (non-hydrogen) atoms. The van der Waals surface area contributed by atoms with Crippen molar-refractivity contribution in [3.63, 3.8) is 0 Å². The van der Waals surface area contributed by atoms with E-state index >= 15 is 0 Å². The molecule has 1 atom stereocenters. The highest BCUT2D eigenvalue weighted by atomic mass is 32.2. The molecule has 1 fully saturated rings. The number of hydrogen-bond donors (Lipinski definition) is 0. The number of benzene rings is 2. The average molecular weight is 419 g/mol. The van der Waals surface area contributed by atoms with E-state index in [2.05, 4.69) is 0 Å². The Morgan fingerprint density at radius 2 is 1.52 bits per heavy atom. The number of hydrogen-bond acceptors (Lipinski definition) is 6. The van der Waals surface area contributed by atoms with Crippen molar-refractivity contribution in [2.24, 2.45) is 0 Å². The Morgan fingerprint density at radius 1 is 0.966 bits per heavy atom. The van der Waals surface area contributed by atoms with Crippen LogP contribution in [-0.2, 0) is 21.2 Å². The molecule has 0 bridgehead atoms. The predicted octanol–water partition coefficient (Wildman–Crippen LogP) is 2.30. The Morgan fingerprint density at radius 3 is 2.03 bits per heavy atom. The standard InChI is InChI=1S/C21H25NO6S/c1-26-18-5-3-16(4-6-18)13-22(17-11-12-29(24,25)15-17)21(23)14-28-20-9-7-19(27-2)8-10-20/h3-10,17H,11-15H2,1-2H3/t17-/m1/s1. The zero-order valence-electron chi connectivity index (χ0n) is 16.5. The van der Waals surface area contributed by atoms with Crippen molar-refractivity contribution in [2.75, 3.05) is 32.3 Å². The highest BCUT2D eigenvalue weighted by Gasteiger charge is 2.34. The monoisotopic (exact) mass is 419 g/mol. The molecule has 0 unspecified atom stereocenters. The molecule has 0 N–H and O–H groups in total. The average Bonchev–Trinajstić information content (AvgIpc) is 3.10. The smallest absolute Gasteiger partial charge is 0.261 e. The second-order valence-corrected chi connectivity index (χ2v) is 9.12. The molecule has 1 saturated heterocycles. The number of methoxy groups -OCH3 is 2. The van der Waals surface area contributed by atoms with Crippen LogP contribution in [0.25, 0.3) is 0 Å². The fourth-order valence-electron chi connectivity index (χ4n) is 3.27. The van der Waals surface area contributed by atoms with Gasteiger partial charge in [0.05, 0.1) is 25.7 Å². The number of sulfone groups is 1. The number of rotatable bonds is 8. The summed E-state index contributed by atoms with van der Waals surface area (Å²) in [6.07, 6.45) is 0.437. The lowest BCUT2D eigenvalue weighted by Gasteiger charge is -2.28. The number of carbonyl (C=O) groups is 1. The topological polar surface area (TPSA) is 82.1 Å². The van der Waals surface area contributed by atoms with Gasteiger partial charge in [0, 0.05) is 12.6 Å². The molecule has 0 aliphatic carbocycles. The van der Waals surface area contributed by atoms with Gasteiger partial charge in [0.25, 0.3) is 5.91 Å². The maximum Gasteiger partial charge on any atom is 0.261 e. The van der Waals surface area contributed by atoms with E-state index < -0.39 is 9.84 Å². The zero-order valence-corrected chi connectivity index (χ0v) is 17.4. The molecule has 0 radical (unpaired) electrons. The van der Waals surface area contributed by atoms with E-state index in [1.807, 2.05) is 24.3 Å². The lowest BCUT2D eigenvalue weighted by atomic mass is 10.1. The van der Waals surface area contributed by atoms with E-state index in [0.29, 0.717) is 24.5 Å². The third kappa shape index (κ3) is 5.63. The number of carbonyl (C=O) groups excluding carboxylic acids is 1. The molecule has 2 aromatic rings. The fraction of sp³-hybridized carbons (Fsp3) is 0.381. The Hall–Kier alpha value is -2.74. The molecule has 1 aliphatic heterocycles. The minimum Gasteiger partial charge on any atom is -0.497 e. The van der Waals surface area contributed by atoms with Crippen molar-refractivity contribution in [3.05, 3.63) is 54.1 Å². The highest BCUT2D eigenvalue weighted by Crippen LogP contribution is 2.22. The Bertz CT molecular complexity index is 925. The summed E-state index contributed by atoms with van der Waals surface area (Å²) in [4.78, 5) is 14.5. The van der Waals surface area contributed by atoms with E-state index in [-0.39, 0.29) is 30.1 Å². The van der Waals surface area contributed by atoms with Gasteiger partial charge in [0.2, 0.25) is 0 Å². The van der Waals surface area contributed by atoms with Crippen molar-refractivity contribution >= 4 is 15.7 Å². The molecule has 1 amide bonds. The van der Waals surface area contributed by atoms with Crippen LogP contribution in [0, 0.1) is 0 Å². The third-order valence-corrected chi connectivity index (χ3v) is 6.65. The number of amides is 1. The van der Waals surface area contributed by atoms with E-state index in [0.717, 1.165) is 11.3 Å². The van der Waals surface area contributed by atoms with Gasteiger partial charge in [-0.15, -0.1) is 0 Å². The Balaban J connectivity index is 1.71. The van der Waals surface area contributed by atoms with Crippen LogP contribution in [0.4, 0.5) is 0 Å². The molecule has 0 saturated carbocycles. The Kier molecular flexibility index (Phi) is 6.64. The van der Waals surface area contributed by atoms with Crippen LogP contribution in [0.2, 0.25) is 0 Å². The lowest BCUT2D eigenvalue weighted by Crippen LogP contribution is -2.43. The van der Waals surface area contributed by atoms with E-state index in [9.17, 15) is 13.2 Å². The van der Waals surface area contributed by atoms with Crippen LogP contribution in [0.5, 0.6) is 17.2 Å². The normalized spacial score (nSPS) is 17.5. The summed E-state index contributed by atoms with van der Waals surface area (Å²) in [5, 5.41) is 0. The largest absolute Gasteiger partial charge is 0.497 e. The minimum atomic E-state index is -3.12. The van der Waals surface area contributed by atoms with E-state index in [1.165, 1.54) is 0 Å². The first-order valence-corrected chi connectivity index (χ1v) is 11.1. The molecular weight excluding hydrogens is 394 g/mol. The van der Waals surface area contributed by atoms with Crippen molar-refractivity contribution < 1.29 is 27.4 Å². The van der Waals surface area contributed by atoms with Crippen LogP contribution in [-0.4, -0.2) is 57.6 Å². The fourth-order valence-corrected chi connectivity index (χ4v) is 5.00. The molecule has 2 aromatic carbocycles. The first kappa shape index (κ1) is 21.0. The predicted molar refractivity (Wildman–Crippen MR) is 109 cm³/mol. The first-order chi connectivity index (χ1) is 13.9. The Labute approximate surface area is 171 Å². The van der Waals surface area contributed by atoms with Crippen molar-refractivity contribution in [2.45, 2.75) is 19.0 Å². The summed E-state index contributed by atoms with van der Waals surface area (Å²) >= 11 is 0. The van der Waals surface area contributed by atoms with Gasteiger partial charge in [-0.25, -0.2) is 8.42 Å². The SMILES string of the molecule is COc1ccc(CN(C(=O)COc2ccc(OC)cc2)[C@@H]2CCS(=O)(=O)C2)cc1. The van der Waals surface area contributed by atoms with Crippen LogP contribution < -0.4 is 14.2 Å². The summed E-state index contributed by atoms with van der Waals surface area (Å²) in [7, 11) is 0.0432. The second kappa shape index (κ2) is 9.17. The van der Waals surface area contributed by atoms with E-state index in [4.69, 9.17) is 14.2 Å². The van der Waals surface area contributed by atoms with Gasteiger partial charge in [-0.3, -0.25) is 4.79 Å². The van der Waals surface area contributed by atoms with Gasteiger partial charge < -0.3 is 19.1 Å². The molecule has 156 valence electrons. The molecular formula is C21H25NO6S. The van der Waals surface area contributed by atoms with Gasteiger partial charge in [-0.05, 0) is 48.4 Å². The molecule has 0 spiro atoms. The second-order valence-electron chi connectivity index (χ2n) is 6.89. The van der Waals surface area contributed by atoms with E-state index in [1.54, 1.807) is 43.4 Å². The van der Waals surface area contributed by atoms with Crippen molar-refractivity contribution in [3.8, 4) is 17.2 Å². The molecule has 8 heteroatoms. The van der Waals surface area contributed by atoms with Gasteiger partial charge in [0.1, 0.15) is 17.2 Å². The molecule has 7 nitrogen and oxygen atoms in total. The summed E-state index contributed by atoms with van der Waals surface area (Å²) in [5.74, 6) is 1.79. The van der Waals surface area contributed by atoms with Crippen LogP contribution in [0.1, 0.15) is 12.0 Å². The quantitative estimate of drug-likeness (QED) is 0.653. The van der Waals surface area contributed by atoms with Crippen molar-refractivity contribution in [1.29, 1.82) is 0 Å². The number of ether oxygens (including phenoxy) is 3. The van der Waals surface area contributed by atoms with Crippen LogP contribution >= 0.6 is 0 Å². The van der Waals surface area contributed by atoms with Gasteiger partial charge in [-0.2, -0.15) is 0 Å². The zero-order chi connectivity index (χ0) is 20.9. The summed E-state index contributed by atoms with van der Waals surface area (Å²) in [6, 6.07) is 14.0. The molecule has 1 aliphatic rings.